The molecule has 0 saturated carbocycles. The zero-order valence-electron chi connectivity index (χ0n) is 10.3. The van der Waals surface area contributed by atoms with Gasteiger partial charge in [-0.15, -0.1) is 0 Å². The molecule has 0 aliphatic carbocycles. The van der Waals surface area contributed by atoms with Crippen molar-refractivity contribution in [3.63, 3.8) is 0 Å². The normalized spacial score (nSPS) is 14.6. The summed E-state index contributed by atoms with van der Waals surface area (Å²) in [6.45, 7) is 5.04. The maximum Gasteiger partial charge on any atom is 0.115 e. The molecule has 0 aromatic heterocycles. The predicted molar refractivity (Wildman–Crippen MR) is 73.0 cm³/mol. The van der Waals surface area contributed by atoms with E-state index in [9.17, 15) is 5.11 Å². The molecule has 1 aromatic carbocycles. The van der Waals surface area contributed by atoms with Gasteiger partial charge in [0.1, 0.15) is 5.75 Å². The maximum atomic E-state index is 9.44. The molecule has 0 aliphatic heterocycles. The van der Waals surface area contributed by atoms with E-state index in [1.165, 1.54) is 0 Å². The highest BCUT2D eigenvalue weighted by Crippen LogP contribution is 2.23. The third kappa shape index (κ3) is 4.30. The topological polar surface area (TPSA) is 52.5 Å². The second kappa shape index (κ2) is 6.38. The SMILES string of the molecule is CCC(C)(CCO)NCc1cc(O)ccc1Br. The quantitative estimate of drug-likeness (QED) is 0.757. The first kappa shape index (κ1) is 14.5. The van der Waals surface area contributed by atoms with E-state index in [-0.39, 0.29) is 17.9 Å². The number of aromatic hydroxyl groups is 1. The number of rotatable bonds is 6. The number of aliphatic hydroxyl groups excluding tert-OH is 1. The van der Waals surface area contributed by atoms with Crippen LogP contribution in [0.5, 0.6) is 5.75 Å². The fourth-order valence-corrected chi connectivity index (χ4v) is 2.03. The van der Waals surface area contributed by atoms with Crippen LogP contribution in [-0.2, 0) is 6.54 Å². The Labute approximate surface area is 111 Å². The Bertz CT molecular complexity index is 370. The largest absolute Gasteiger partial charge is 0.508 e. The lowest BCUT2D eigenvalue weighted by atomic mass is 9.94. The van der Waals surface area contributed by atoms with Gasteiger partial charge >= 0.3 is 0 Å². The lowest BCUT2D eigenvalue weighted by Crippen LogP contribution is -2.42. The minimum Gasteiger partial charge on any atom is -0.508 e. The standard InChI is InChI=1S/C13H20BrNO2/c1-3-13(2,6-7-16)15-9-10-8-11(17)4-5-12(10)14/h4-5,8,15-17H,3,6-7,9H2,1-2H3. The molecule has 1 rings (SSSR count). The molecule has 0 fully saturated rings. The molecule has 17 heavy (non-hydrogen) atoms. The molecule has 3 nitrogen and oxygen atoms in total. The molecule has 0 amide bonds. The number of nitrogens with one attached hydrogen (secondary N) is 1. The summed E-state index contributed by atoms with van der Waals surface area (Å²) < 4.78 is 0.977. The second-order valence-electron chi connectivity index (χ2n) is 4.52. The first-order valence-corrected chi connectivity index (χ1v) is 6.63. The molecule has 96 valence electrons. The van der Waals surface area contributed by atoms with E-state index >= 15 is 0 Å². The molecule has 4 heteroatoms. The molecule has 3 N–H and O–H groups in total. The van der Waals surface area contributed by atoms with Crippen molar-refractivity contribution in [3.05, 3.63) is 28.2 Å². The molecule has 1 aromatic rings. The lowest BCUT2D eigenvalue weighted by molar-refractivity contribution is 0.214. The number of hydrogen-bond acceptors (Lipinski definition) is 3. The van der Waals surface area contributed by atoms with Gasteiger partial charge in [-0.3, -0.25) is 0 Å². The Balaban J connectivity index is 2.68. The van der Waals surface area contributed by atoms with Crippen molar-refractivity contribution < 1.29 is 10.2 Å². The van der Waals surface area contributed by atoms with Crippen LogP contribution >= 0.6 is 15.9 Å². The van der Waals surface area contributed by atoms with Crippen LogP contribution in [0, 0.1) is 0 Å². The van der Waals surface area contributed by atoms with Crippen LogP contribution in [0.15, 0.2) is 22.7 Å². The summed E-state index contributed by atoms with van der Waals surface area (Å²) in [5.41, 5.74) is 0.947. The highest BCUT2D eigenvalue weighted by molar-refractivity contribution is 9.10. The average molecular weight is 302 g/mol. The average Bonchev–Trinajstić information content (AvgIpc) is 2.31. The van der Waals surface area contributed by atoms with Crippen LogP contribution in [0.1, 0.15) is 32.3 Å². The van der Waals surface area contributed by atoms with Gasteiger partial charge in [0.05, 0.1) is 0 Å². The van der Waals surface area contributed by atoms with Gasteiger partial charge in [-0.25, -0.2) is 0 Å². The summed E-state index contributed by atoms with van der Waals surface area (Å²) in [7, 11) is 0. The van der Waals surface area contributed by atoms with Gasteiger partial charge in [0.15, 0.2) is 0 Å². The number of benzene rings is 1. The molecule has 0 aliphatic rings. The van der Waals surface area contributed by atoms with Crippen LogP contribution in [0.2, 0.25) is 0 Å². The fourth-order valence-electron chi connectivity index (χ4n) is 1.64. The highest BCUT2D eigenvalue weighted by Gasteiger charge is 2.20. The summed E-state index contributed by atoms with van der Waals surface area (Å²) in [4.78, 5) is 0. The Kier molecular flexibility index (Phi) is 5.43. The van der Waals surface area contributed by atoms with Crippen molar-refractivity contribution >= 4 is 15.9 Å². The van der Waals surface area contributed by atoms with E-state index in [4.69, 9.17) is 5.11 Å². The Morgan fingerprint density at radius 2 is 2.12 bits per heavy atom. The zero-order chi connectivity index (χ0) is 12.9. The molecule has 0 saturated heterocycles. The predicted octanol–water partition coefficient (Wildman–Crippen LogP) is 2.80. The zero-order valence-corrected chi connectivity index (χ0v) is 11.9. The van der Waals surface area contributed by atoms with Crippen molar-refractivity contribution in [2.45, 2.75) is 38.8 Å². The van der Waals surface area contributed by atoms with Crippen molar-refractivity contribution in [2.75, 3.05) is 6.61 Å². The number of aliphatic hydroxyl groups is 1. The molecule has 0 heterocycles. The van der Waals surface area contributed by atoms with Gasteiger partial charge in [0.2, 0.25) is 0 Å². The third-order valence-electron chi connectivity index (χ3n) is 3.18. The second-order valence-corrected chi connectivity index (χ2v) is 5.37. The smallest absolute Gasteiger partial charge is 0.115 e. The van der Waals surface area contributed by atoms with Gasteiger partial charge in [0, 0.05) is 23.2 Å². The van der Waals surface area contributed by atoms with Gasteiger partial charge in [-0.2, -0.15) is 0 Å². The van der Waals surface area contributed by atoms with Gasteiger partial charge in [-0.1, -0.05) is 22.9 Å². The number of phenolic OH excluding ortho intramolecular Hbond substituents is 1. The number of hydrogen-bond donors (Lipinski definition) is 3. The number of halogens is 1. The molecule has 0 spiro atoms. The summed E-state index contributed by atoms with van der Waals surface area (Å²) in [5.74, 6) is 0.269. The van der Waals surface area contributed by atoms with Crippen molar-refractivity contribution in [1.29, 1.82) is 0 Å². The van der Waals surface area contributed by atoms with Crippen LogP contribution in [0.25, 0.3) is 0 Å². The van der Waals surface area contributed by atoms with Gasteiger partial charge < -0.3 is 15.5 Å². The Morgan fingerprint density at radius 3 is 2.71 bits per heavy atom. The first-order chi connectivity index (χ1) is 8.00. The summed E-state index contributed by atoms with van der Waals surface area (Å²) in [5, 5.41) is 21.9. The Morgan fingerprint density at radius 1 is 1.41 bits per heavy atom. The van der Waals surface area contributed by atoms with Crippen LogP contribution in [-0.4, -0.2) is 22.4 Å². The van der Waals surface area contributed by atoms with Crippen LogP contribution in [0.3, 0.4) is 0 Å². The van der Waals surface area contributed by atoms with E-state index in [0.717, 1.165) is 22.9 Å². The van der Waals surface area contributed by atoms with Crippen molar-refractivity contribution in [2.24, 2.45) is 0 Å². The van der Waals surface area contributed by atoms with Gasteiger partial charge in [0.25, 0.3) is 0 Å². The van der Waals surface area contributed by atoms with E-state index in [0.29, 0.717) is 6.54 Å². The minimum absolute atomic E-state index is 0.0698. The minimum atomic E-state index is -0.0698. The van der Waals surface area contributed by atoms with Crippen molar-refractivity contribution in [3.8, 4) is 5.75 Å². The summed E-state index contributed by atoms with van der Waals surface area (Å²) in [6.07, 6.45) is 1.67. The van der Waals surface area contributed by atoms with Gasteiger partial charge in [-0.05, 0) is 43.5 Å². The van der Waals surface area contributed by atoms with E-state index < -0.39 is 0 Å². The van der Waals surface area contributed by atoms with Crippen LogP contribution in [0.4, 0.5) is 0 Å². The molecule has 0 bridgehead atoms. The fraction of sp³-hybridized carbons (Fsp3) is 0.538. The van der Waals surface area contributed by atoms with E-state index in [1.807, 2.05) is 6.07 Å². The molecule has 1 unspecified atom stereocenters. The molecular formula is C13H20BrNO2. The highest BCUT2D eigenvalue weighted by atomic mass is 79.9. The monoisotopic (exact) mass is 301 g/mol. The summed E-state index contributed by atoms with van der Waals surface area (Å²) >= 11 is 3.46. The summed E-state index contributed by atoms with van der Waals surface area (Å²) in [6, 6.07) is 5.23. The van der Waals surface area contributed by atoms with Crippen LogP contribution < -0.4 is 5.32 Å². The number of phenols is 1. The van der Waals surface area contributed by atoms with E-state index in [1.54, 1.807) is 12.1 Å². The lowest BCUT2D eigenvalue weighted by Gasteiger charge is -2.29. The molecule has 0 radical (unpaired) electrons. The maximum absolute atomic E-state index is 9.44. The molecular weight excluding hydrogens is 282 g/mol. The van der Waals surface area contributed by atoms with Crippen molar-refractivity contribution in [1.82, 2.24) is 5.32 Å². The first-order valence-electron chi connectivity index (χ1n) is 5.84. The third-order valence-corrected chi connectivity index (χ3v) is 3.95. The Hall–Kier alpha value is -0.580. The molecule has 1 atom stereocenters. The van der Waals surface area contributed by atoms with E-state index in [2.05, 4.69) is 35.1 Å².